The molecule has 0 aliphatic heterocycles. The van der Waals surface area contributed by atoms with E-state index in [-0.39, 0.29) is 12.7 Å². The van der Waals surface area contributed by atoms with Crippen molar-refractivity contribution < 1.29 is 23.7 Å². The zero-order valence-electron chi connectivity index (χ0n) is 8.32. The van der Waals surface area contributed by atoms with Crippen LogP contribution in [0.3, 0.4) is 0 Å². The molecule has 5 nitrogen and oxygen atoms in total. The van der Waals surface area contributed by atoms with E-state index in [2.05, 4.69) is 22.6 Å². The minimum absolute atomic E-state index is 0.205. The fraction of sp³-hybridized carbons (Fsp3) is 0.875. The van der Waals surface area contributed by atoms with Crippen LogP contribution < -0.4 is 0 Å². The Balaban J connectivity index is 3.56. The number of methoxy groups -OCH3 is 2. The second-order valence-electron chi connectivity index (χ2n) is 2.44. The highest BCUT2D eigenvalue weighted by molar-refractivity contribution is 14.1. The van der Waals surface area contributed by atoms with E-state index in [1.54, 1.807) is 7.11 Å². The summed E-state index contributed by atoms with van der Waals surface area (Å²) in [6, 6.07) is 0. The van der Waals surface area contributed by atoms with E-state index < -0.39 is 6.16 Å². The van der Waals surface area contributed by atoms with Crippen molar-refractivity contribution in [3.05, 3.63) is 0 Å². The number of hydrogen-bond acceptors (Lipinski definition) is 5. The van der Waals surface area contributed by atoms with Gasteiger partial charge in [-0.25, -0.2) is 4.79 Å². The normalized spacial score (nSPS) is 12.2. The van der Waals surface area contributed by atoms with E-state index in [1.807, 2.05) is 0 Å². The predicted octanol–water partition coefficient (Wildman–Crippen LogP) is 1.24. The zero-order valence-corrected chi connectivity index (χ0v) is 10.5. The van der Waals surface area contributed by atoms with Gasteiger partial charge in [0.1, 0.15) is 12.7 Å². The number of carbonyl (C=O) groups is 1. The van der Waals surface area contributed by atoms with Crippen LogP contribution in [-0.2, 0) is 18.9 Å². The molecule has 1 atom stereocenters. The number of carbonyl (C=O) groups excluding carboxylic acids is 1. The number of ether oxygens (including phenoxy) is 4. The Bertz CT molecular complexity index is 153. The summed E-state index contributed by atoms with van der Waals surface area (Å²) in [7, 11) is 3.09. The summed E-state index contributed by atoms with van der Waals surface area (Å²) >= 11 is 2.11. The second-order valence-corrected chi connectivity index (χ2v) is 3.32. The molecule has 0 aromatic heterocycles. The first-order valence-electron chi connectivity index (χ1n) is 4.11. The van der Waals surface area contributed by atoms with Crippen LogP contribution in [0.5, 0.6) is 0 Å². The average molecular weight is 318 g/mol. The first-order chi connectivity index (χ1) is 6.74. The molecule has 84 valence electrons. The van der Waals surface area contributed by atoms with Gasteiger partial charge >= 0.3 is 6.16 Å². The monoisotopic (exact) mass is 318 g/mol. The van der Waals surface area contributed by atoms with E-state index in [1.165, 1.54) is 7.11 Å². The molecule has 0 spiro atoms. The molecule has 0 amide bonds. The summed E-state index contributed by atoms with van der Waals surface area (Å²) in [5.74, 6) is 0. The molecule has 1 unspecified atom stereocenters. The van der Waals surface area contributed by atoms with Gasteiger partial charge in [0.25, 0.3) is 0 Å². The largest absolute Gasteiger partial charge is 0.508 e. The van der Waals surface area contributed by atoms with Gasteiger partial charge in [0.2, 0.25) is 0 Å². The van der Waals surface area contributed by atoms with Crippen LogP contribution in [0, 0.1) is 0 Å². The van der Waals surface area contributed by atoms with Crippen LogP contribution in [0.25, 0.3) is 0 Å². The van der Waals surface area contributed by atoms with E-state index in [0.717, 1.165) is 0 Å². The predicted molar refractivity (Wildman–Crippen MR) is 58.9 cm³/mol. The van der Waals surface area contributed by atoms with Gasteiger partial charge < -0.3 is 18.9 Å². The van der Waals surface area contributed by atoms with Crippen molar-refractivity contribution in [2.24, 2.45) is 0 Å². The fourth-order valence-corrected chi connectivity index (χ4v) is 1.11. The first-order valence-corrected chi connectivity index (χ1v) is 5.64. The van der Waals surface area contributed by atoms with Crippen molar-refractivity contribution in [1.82, 2.24) is 0 Å². The third-order valence-corrected chi connectivity index (χ3v) is 2.28. The summed E-state index contributed by atoms with van der Waals surface area (Å²) < 4.78 is 19.9. The number of hydrogen-bond donors (Lipinski definition) is 0. The van der Waals surface area contributed by atoms with Crippen molar-refractivity contribution in [2.75, 3.05) is 38.5 Å². The summed E-state index contributed by atoms with van der Waals surface area (Å²) in [5, 5.41) is 0. The van der Waals surface area contributed by atoms with Gasteiger partial charge in [-0.3, -0.25) is 0 Å². The second kappa shape index (κ2) is 9.47. The van der Waals surface area contributed by atoms with Crippen LogP contribution in [0.2, 0.25) is 0 Å². The number of halogens is 1. The molecule has 0 aliphatic rings. The van der Waals surface area contributed by atoms with Gasteiger partial charge in [0, 0.05) is 18.6 Å². The molecule has 0 saturated heterocycles. The molecule has 6 heteroatoms. The van der Waals surface area contributed by atoms with Gasteiger partial charge in [0.15, 0.2) is 0 Å². The Hall–Kier alpha value is -0.0800. The Morgan fingerprint density at radius 1 is 1.29 bits per heavy atom. The van der Waals surface area contributed by atoms with Gasteiger partial charge in [-0.2, -0.15) is 0 Å². The third-order valence-electron chi connectivity index (χ3n) is 1.29. The fourth-order valence-electron chi connectivity index (χ4n) is 0.674. The average Bonchev–Trinajstić information content (AvgIpc) is 2.17. The Morgan fingerprint density at radius 3 is 2.50 bits per heavy atom. The van der Waals surface area contributed by atoms with Gasteiger partial charge in [-0.1, -0.05) is 22.6 Å². The zero-order chi connectivity index (χ0) is 10.8. The molecule has 0 heterocycles. The minimum atomic E-state index is -0.680. The number of rotatable bonds is 7. The van der Waals surface area contributed by atoms with Gasteiger partial charge in [-0.15, -0.1) is 0 Å². The molecular weight excluding hydrogens is 303 g/mol. The lowest BCUT2D eigenvalue weighted by atomic mass is 10.4. The molecule has 0 bridgehead atoms. The van der Waals surface area contributed by atoms with Crippen LogP contribution in [0.4, 0.5) is 4.79 Å². The molecule has 0 aromatic carbocycles. The van der Waals surface area contributed by atoms with E-state index in [4.69, 9.17) is 18.9 Å². The molecular formula is C8H15IO5. The maximum atomic E-state index is 11.0. The molecule has 0 rings (SSSR count). The minimum Gasteiger partial charge on any atom is -0.432 e. The topological polar surface area (TPSA) is 54.0 Å². The maximum Gasteiger partial charge on any atom is 0.508 e. The highest BCUT2D eigenvalue weighted by Crippen LogP contribution is 2.00. The van der Waals surface area contributed by atoms with Crippen molar-refractivity contribution in [3.8, 4) is 0 Å². The Kier molecular flexibility index (Phi) is 9.42. The SMILES string of the molecule is COCCOC(=O)OC(CI)COC. The van der Waals surface area contributed by atoms with E-state index >= 15 is 0 Å². The summed E-state index contributed by atoms with van der Waals surface area (Å²) in [4.78, 5) is 11.0. The van der Waals surface area contributed by atoms with Crippen molar-refractivity contribution in [1.29, 1.82) is 0 Å². The van der Waals surface area contributed by atoms with Gasteiger partial charge in [-0.05, 0) is 0 Å². The van der Waals surface area contributed by atoms with Crippen LogP contribution in [0.15, 0.2) is 0 Å². The lowest BCUT2D eigenvalue weighted by molar-refractivity contribution is -0.00432. The highest BCUT2D eigenvalue weighted by Gasteiger charge is 2.13. The van der Waals surface area contributed by atoms with Crippen LogP contribution in [-0.4, -0.2) is 50.7 Å². The standard InChI is InChI=1S/C8H15IO5/c1-11-3-4-13-8(10)14-7(5-9)6-12-2/h7H,3-6H2,1-2H3. The summed E-state index contributed by atoms with van der Waals surface area (Å²) in [5.41, 5.74) is 0. The number of alkyl halides is 1. The van der Waals surface area contributed by atoms with Crippen molar-refractivity contribution >= 4 is 28.7 Å². The lowest BCUT2D eigenvalue weighted by Gasteiger charge is -2.13. The Labute approximate surface area is 97.2 Å². The third kappa shape index (κ3) is 7.34. The summed E-state index contributed by atoms with van der Waals surface area (Å²) in [6.45, 7) is 0.951. The van der Waals surface area contributed by atoms with Crippen LogP contribution in [0.1, 0.15) is 0 Å². The molecule has 14 heavy (non-hydrogen) atoms. The molecule has 0 N–H and O–H groups in total. The molecule has 0 fully saturated rings. The Morgan fingerprint density at radius 2 is 2.00 bits per heavy atom. The lowest BCUT2D eigenvalue weighted by Crippen LogP contribution is -2.25. The van der Waals surface area contributed by atoms with Crippen molar-refractivity contribution in [2.45, 2.75) is 6.10 Å². The quantitative estimate of drug-likeness (QED) is 0.306. The smallest absolute Gasteiger partial charge is 0.432 e. The molecule has 0 saturated carbocycles. The molecule has 0 aliphatic carbocycles. The first kappa shape index (κ1) is 13.9. The van der Waals surface area contributed by atoms with Gasteiger partial charge in [0.05, 0.1) is 13.2 Å². The van der Waals surface area contributed by atoms with E-state index in [0.29, 0.717) is 17.6 Å². The molecule has 0 aromatic rings. The highest BCUT2D eigenvalue weighted by atomic mass is 127. The molecule has 0 radical (unpaired) electrons. The summed E-state index contributed by atoms with van der Waals surface area (Å²) in [6.07, 6.45) is -0.934. The van der Waals surface area contributed by atoms with Crippen molar-refractivity contribution in [3.63, 3.8) is 0 Å². The maximum absolute atomic E-state index is 11.0. The van der Waals surface area contributed by atoms with E-state index in [9.17, 15) is 4.79 Å². The van der Waals surface area contributed by atoms with Crippen LogP contribution >= 0.6 is 22.6 Å².